The van der Waals surface area contributed by atoms with E-state index in [0.717, 1.165) is 35.7 Å². The van der Waals surface area contributed by atoms with E-state index >= 15 is 0 Å². The summed E-state index contributed by atoms with van der Waals surface area (Å²) in [5.41, 5.74) is 2.92. The van der Waals surface area contributed by atoms with Gasteiger partial charge >= 0.3 is 0 Å². The van der Waals surface area contributed by atoms with E-state index in [4.69, 9.17) is 16.3 Å². The lowest BCUT2D eigenvalue weighted by molar-refractivity contribution is 0.331. The standard InChI is InChI=1S/C16H15ClFNO/c17-10-13-9-14(18)5-6-15(13)19-7-8-20-16-4-2-1-3-12(16)11-19/h1-6,9H,7-8,10-11H2. The van der Waals surface area contributed by atoms with E-state index in [1.807, 2.05) is 18.2 Å². The zero-order chi connectivity index (χ0) is 13.9. The van der Waals surface area contributed by atoms with E-state index in [1.165, 1.54) is 12.1 Å². The van der Waals surface area contributed by atoms with Crippen LogP contribution in [0.3, 0.4) is 0 Å². The molecule has 0 unspecified atom stereocenters. The summed E-state index contributed by atoms with van der Waals surface area (Å²) in [7, 11) is 0. The van der Waals surface area contributed by atoms with Gasteiger partial charge in [0.05, 0.1) is 6.54 Å². The molecule has 2 aromatic carbocycles. The second kappa shape index (κ2) is 5.71. The van der Waals surface area contributed by atoms with Gasteiger partial charge in [0.2, 0.25) is 0 Å². The fourth-order valence-corrected chi connectivity index (χ4v) is 2.72. The summed E-state index contributed by atoms with van der Waals surface area (Å²) in [5, 5.41) is 0. The zero-order valence-electron chi connectivity index (χ0n) is 11.0. The molecule has 1 aliphatic rings. The van der Waals surface area contributed by atoms with Crippen molar-refractivity contribution in [2.45, 2.75) is 12.4 Å². The van der Waals surface area contributed by atoms with Crippen molar-refractivity contribution in [3.05, 3.63) is 59.4 Å². The van der Waals surface area contributed by atoms with Crippen molar-refractivity contribution in [1.82, 2.24) is 0 Å². The van der Waals surface area contributed by atoms with Crippen LogP contribution >= 0.6 is 11.6 Å². The van der Waals surface area contributed by atoms with Crippen LogP contribution in [0.25, 0.3) is 0 Å². The molecule has 2 aromatic rings. The van der Waals surface area contributed by atoms with Crippen LogP contribution in [0.15, 0.2) is 42.5 Å². The number of nitrogens with zero attached hydrogens (tertiary/aromatic N) is 1. The third-order valence-corrected chi connectivity index (χ3v) is 3.77. The number of hydrogen-bond donors (Lipinski definition) is 0. The maximum atomic E-state index is 13.3. The van der Waals surface area contributed by atoms with Crippen molar-refractivity contribution in [2.24, 2.45) is 0 Å². The van der Waals surface area contributed by atoms with Gasteiger partial charge in [-0.15, -0.1) is 11.6 Å². The van der Waals surface area contributed by atoms with Gasteiger partial charge in [-0.1, -0.05) is 18.2 Å². The van der Waals surface area contributed by atoms with Crippen molar-refractivity contribution in [3.8, 4) is 5.75 Å². The Balaban J connectivity index is 1.95. The maximum Gasteiger partial charge on any atom is 0.124 e. The van der Waals surface area contributed by atoms with E-state index < -0.39 is 0 Å². The SMILES string of the molecule is Fc1ccc(N2CCOc3ccccc3C2)c(CCl)c1. The molecule has 0 saturated heterocycles. The molecule has 0 atom stereocenters. The first-order chi connectivity index (χ1) is 9.78. The van der Waals surface area contributed by atoms with Gasteiger partial charge in [-0.05, 0) is 29.8 Å². The van der Waals surface area contributed by atoms with Crippen LogP contribution in [0, 0.1) is 5.82 Å². The predicted molar refractivity (Wildman–Crippen MR) is 78.9 cm³/mol. The number of halogens is 2. The highest BCUT2D eigenvalue weighted by Gasteiger charge is 2.17. The minimum atomic E-state index is -0.254. The minimum absolute atomic E-state index is 0.254. The lowest BCUT2D eigenvalue weighted by Gasteiger charge is -2.24. The first-order valence-electron chi connectivity index (χ1n) is 6.58. The molecule has 0 N–H and O–H groups in total. The van der Waals surface area contributed by atoms with Crippen LogP contribution in [0.1, 0.15) is 11.1 Å². The zero-order valence-corrected chi connectivity index (χ0v) is 11.7. The summed E-state index contributed by atoms with van der Waals surface area (Å²) in [4.78, 5) is 2.18. The fraction of sp³-hybridized carbons (Fsp3) is 0.250. The smallest absolute Gasteiger partial charge is 0.124 e. The summed E-state index contributed by atoms with van der Waals surface area (Å²) >= 11 is 5.94. The van der Waals surface area contributed by atoms with Crippen molar-refractivity contribution >= 4 is 17.3 Å². The van der Waals surface area contributed by atoms with Gasteiger partial charge in [0.15, 0.2) is 0 Å². The van der Waals surface area contributed by atoms with Crippen LogP contribution in [0.2, 0.25) is 0 Å². The Morgan fingerprint density at radius 1 is 1.20 bits per heavy atom. The normalized spacial score (nSPS) is 14.4. The molecule has 0 spiro atoms. The quantitative estimate of drug-likeness (QED) is 0.777. The first-order valence-corrected chi connectivity index (χ1v) is 7.11. The van der Waals surface area contributed by atoms with Crippen LogP contribution < -0.4 is 9.64 Å². The number of benzene rings is 2. The number of alkyl halides is 1. The van der Waals surface area contributed by atoms with E-state index in [2.05, 4.69) is 11.0 Å². The van der Waals surface area contributed by atoms with E-state index in [0.29, 0.717) is 12.5 Å². The molecular weight excluding hydrogens is 277 g/mol. The predicted octanol–water partition coefficient (Wildman–Crippen LogP) is 3.96. The molecule has 2 nitrogen and oxygen atoms in total. The molecule has 0 saturated carbocycles. The summed E-state index contributed by atoms with van der Waals surface area (Å²) in [6, 6.07) is 12.8. The molecule has 0 radical (unpaired) electrons. The highest BCUT2D eigenvalue weighted by molar-refractivity contribution is 6.17. The molecule has 0 fully saturated rings. The van der Waals surface area contributed by atoms with Crippen molar-refractivity contribution in [3.63, 3.8) is 0 Å². The van der Waals surface area contributed by atoms with Crippen LogP contribution in [0.4, 0.5) is 10.1 Å². The Labute approximate surface area is 122 Å². The second-order valence-corrected chi connectivity index (χ2v) is 5.05. The molecule has 0 aromatic heterocycles. The third-order valence-electron chi connectivity index (χ3n) is 3.48. The molecule has 0 aliphatic carbocycles. The van der Waals surface area contributed by atoms with E-state index in [9.17, 15) is 4.39 Å². The molecule has 4 heteroatoms. The van der Waals surface area contributed by atoms with Crippen LogP contribution in [-0.4, -0.2) is 13.2 Å². The highest BCUT2D eigenvalue weighted by atomic mass is 35.5. The minimum Gasteiger partial charge on any atom is -0.491 e. The Morgan fingerprint density at radius 2 is 2.05 bits per heavy atom. The number of ether oxygens (including phenoxy) is 1. The van der Waals surface area contributed by atoms with Crippen molar-refractivity contribution in [1.29, 1.82) is 0 Å². The Morgan fingerprint density at radius 3 is 2.90 bits per heavy atom. The second-order valence-electron chi connectivity index (χ2n) is 4.78. The molecule has 0 amide bonds. The molecule has 1 heterocycles. The summed E-state index contributed by atoms with van der Waals surface area (Å²) in [6.07, 6.45) is 0. The molecule has 104 valence electrons. The Bertz CT molecular complexity index is 617. The highest BCUT2D eigenvalue weighted by Crippen LogP contribution is 2.29. The monoisotopic (exact) mass is 291 g/mol. The number of fused-ring (bicyclic) bond motifs is 1. The van der Waals surface area contributed by atoms with Crippen molar-refractivity contribution < 1.29 is 9.13 Å². The molecule has 1 aliphatic heterocycles. The van der Waals surface area contributed by atoms with Gasteiger partial charge in [0.25, 0.3) is 0 Å². The van der Waals surface area contributed by atoms with Gasteiger partial charge < -0.3 is 9.64 Å². The largest absolute Gasteiger partial charge is 0.491 e. The van der Waals surface area contributed by atoms with Crippen LogP contribution in [-0.2, 0) is 12.4 Å². The van der Waals surface area contributed by atoms with Gasteiger partial charge in [-0.25, -0.2) is 4.39 Å². The summed E-state index contributed by atoms with van der Waals surface area (Å²) in [6.45, 7) is 2.10. The summed E-state index contributed by atoms with van der Waals surface area (Å²) < 4.78 is 19.1. The maximum absolute atomic E-state index is 13.3. The lowest BCUT2D eigenvalue weighted by Crippen LogP contribution is -2.26. The summed E-state index contributed by atoms with van der Waals surface area (Å²) in [5.74, 6) is 0.965. The molecular formula is C16H15ClFNO. The van der Waals surface area contributed by atoms with Gasteiger partial charge in [-0.3, -0.25) is 0 Å². The number of para-hydroxylation sites is 1. The molecule has 20 heavy (non-hydrogen) atoms. The average Bonchev–Trinajstić information content (AvgIpc) is 2.69. The van der Waals surface area contributed by atoms with E-state index in [-0.39, 0.29) is 5.82 Å². The number of hydrogen-bond acceptors (Lipinski definition) is 2. The number of rotatable bonds is 2. The van der Waals surface area contributed by atoms with Crippen molar-refractivity contribution in [2.75, 3.05) is 18.1 Å². The first kappa shape index (κ1) is 13.3. The Hall–Kier alpha value is -1.74. The van der Waals surface area contributed by atoms with Gasteiger partial charge in [-0.2, -0.15) is 0 Å². The van der Waals surface area contributed by atoms with E-state index in [1.54, 1.807) is 6.07 Å². The van der Waals surface area contributed by atoms with Crippen LogP contribution in [0.5, 0.6) is 5.75 Å². The fourth-order valence-electron chi connectivity index (χ4n) is 2.50. The van der Waals surface area contributed by atoms with Gasteiger partial charge in [0.1, 0.15) is 18.2 Å². The average molecular weight is 292 g/mol. The van der Waals surface area contributed by atoms with Gasteiger partial charge in [0, 0.05) is 23.7 Å². The third kappa shape index (κ3) is 2.59. The topological polar surface area (TPSA) is 12.5 Å². The Kier molecular flexibility index (Phi) is 3.79. The molecule has 0 bridgehead atoms. The number of anilines is 1. The molecule has 3 rings (SSSR count). The lowest BCUT2D eigenvalue weighted by atomic mass is 10.1.